The number of nitrogens with zero attached hydrogens (tertiary/aromatic N) is 2. The van der Waals surface area contributed by atoms with E-state index >= 15 is 0 Å². The predicted octanol–water partition coefficient (Wildman–Crippen LogP) is 8.27. The third-order valence-electron chi connectivity index (χ3n) is 8.69. The maximum atomic E-state index is 14.1. The molecule has 1 amide bonds. The number of amides is 1. The Morgan fingerprint density at radius 2 is 1.55 bits per heavy atom. The molecule has 8 nitrogen and oxygen atoms in total. The fourth-order valence-electron chi connectivity index (χ4n) is 6.44. The maximum Gasteiger partial charge on any atom is 0.341 e. The second-order valence-electron chi connectivity index (χ2n) is 12.1. The van der Waals surface area contributed by atoms with Crippen LogP contribution in [0.2, 0.25) is 5.02 Å². The number of carbonyl (C=O) groups is 2. The molecule has 0 saturated heterocycles. The topological polar surface area (TPSA) is 103 Å². The van der Waals surface area contributed by atoms with Gasteiger partial charge in [0, 0.05) is 12.1 Å². The molecule has 0 radical (unpaired) electrons. The summed E-state index contributed by atoms with van der Waals surface area (Å²) in [6, 6.07) is 16.9. The molecular formula is C36H40ClF2N3O5. The van der Waals surface area contributed by atoms with Crippen LogP contribution in [0.15, 0.2) is 66.7 Å². The van der Waals surface area contributed by atoms with Gasteiger partial charge in [0.25, 0.3) is 0 Å². The smallest absolute Gasteiger partial charge is 0.341 e. The van der Waals surface area contributed by atoms with Crippen LogP contribution in [0.4, 0.5) is 8.78 Å². The van der Waals surface area contributed by atoms with Gasteiger partial charge in [0.1, 0.15) is 41.6 Å². The Balaban J connectivity index is 0.000000305. The number of benzene rings is 3. The highest BCUT2D eigenvalue weighted by Gasteiger charge is 2.35. The molecule has 250 valence electrons. The summed E-state index contributed by atoms with van der Waals surface area (Å²) in [6.45, 7) is -0.272. The van der Waals surface area contributed by atoms with Gasteiger partial charge in [-0.1, -0.05) is 62.3 Å². The number of nitrogens with one attached hydrogen (secondary N) is 1. The standard InChI is InChI=1S/C28H33F2N3O2.C8H7ClO3/c29-20-11-14-23(15-12-20)35-18-26-32-24-17-21(30)13-16-25(24)33(26)27(19-7-3-1-4-8-19)28(34)31-22-9-5-2-6-10-22;9-6-3-1-2-4-7(6)12-5-8(10)11/h11-17,19,22,27H,1-10,18H2,(H,31,34);1-4H,5H2,(H,10,11). The summed E-state index contributed by atoms with van der Waals surface area (Å²) in [5.41, 5.74) is 1.24. The number of ether oxygens (including phenoxy) is 2. The summed E-state index contributed by atoms with van der Waals surface area (Å²) in [7, 11) is 0. The molecule has 0 aliphatic heterocycles. The molecule has 2 aliphatic carbocycles. The van der Waals surface area contributed by atoms with Crippen LogP contribution >= 0.6 is 11.6 Å². The van der Waals surface area contributed by atoms with Crippen molar-refractivity contribution >= 4 is 34.5 Å². The molecule has 0 spiro atoms. The normalized spacial score (nSPS) is 16.1. The van der Waals surface area contributed by atoms with Gasteiger partial charge in [-0.25, -0.2) is 18.6 Å². The number of fused-ring (bicyclic) bond motifs is 1. The number of carboxylic acids is 1. The van der Waals surface area contributed by atoms with Crippen molar-refractivity contribution in [1.82, 2.24) is 14.9 Å². The number of carbonyl (C=O) groups excluding carboxylic acids is 1. The molecule has 2 saturated carbocycles. The number of carboxylic acid groups (broad SMARTS) is 1. The van der Waals surface area contributed by atoms with Crippen LogP contribution < -0.4 is 14.8 Å². The average molecular weight is 668 g/mol. The highest BCUT2D eigenvalue weighted by molar-refractivity contribution is 6.32. The Morgan fingerprint density at radius 1 is 0.894 bits per heavy atom. The molecule has 3 aromatic carbocycles. The molecule has 1 heterocycles. The summed E-state index contributed by atoms with van der Waals surface area (Å²) >= 11 is 5.69. The monoisotopic (exact) mass is 667 g/mol. The number of hydrogen-bond donors (Lipinski definition) is 2. The Bertz CT molecular complexity index is 1640. The minimum Gasteiger partial charge on any atom is -0.486 e. The van der Waals surface area contributed by atoms with Gasteiger partial charge < -0.3 is 24.5 Å². The van der Waals surface area contributed by atoms with Crippen LogP contribution in [0.25, 0.3) is 11.0 Å². The van der Waals surface area contributed by atoms with Crippen molar-refractivity contribution in [3.63, 3.8) is 0 Å². The summed E-state index contributed by atoms with van der Waals surface area (Å²) in [4.78, 5) is 28.7. The summed E-state index contributed by atoms with van der Waals surface area (Å²) in [6.07, 6.45) is 10.9. The second-order valence-corrected chi connectivity index (χ2v) is 12.5. The van der Waals surface area contributed by atoms with Gasteiger partial charge in [-0.2, -0.15) is 0 Å². The third-order valence-corrected chi connectivity index (χ3v) is 9.00. The Hall–Kier alpha value is -4.18. The molecule has 2 fully saturated rings. The first kappa shape index (κ1) is 34.2. The van der Waals surface area contributed by atoms with Gasteiger partial charge >= 0.3 is 5.97 Å². The van der Waals surface area contributed by atoms with E-state index in [4.69, 9.17) is 31.2 Å². The second kappa shape index (κ2) is 16.6. The fourth-order valence-corrected chi connectivity index (χ4v) is 6.63. The number of imidazole rings is 1. The zero-order valence-corrected chi connectivity index (χ0v) is 26.9. The number of para-hydroxylation sites is 1. The van der Waals surface area contributed by atoms with E-state index in [0.717, 1.165) is 56.9 Å². The summed E-state index contributed by atoms with van der Waals surface area (Å²) < 4.78 is 40.2. The van der Waals surface area contributed by atoms with Crippen LogP contribution in [0.5, 0.6) is 11.5 Å². The lowest BCUT2D eigenvalue weighted by atomic mass is 9.83. The molecule has 47 heavy (non-hydrogen) atoms. The largest absolute Gasteiger partial charge is 0.486 e. The minimum atomic E-state index is -1.02. The lowest BCUT2D eigenvalue weighted by molar-refractivity contribution is -0.139. The van der Waals surface area contributed by atoms with Gasteiger partial charge in [0.2, 0.25) is 5.91 Å². The number of halogens is 3. The van der Waals surface area contributed by atoms with Crippen molar-refractivity contribution in [1.29, 1.82) is 0 Å². The van der Waals surface area contributed by atoms with E-state index in [-0.39, 0.29) is 42.7 Å². The Labute approximate surface area is 278 Å². The Morgan fingerprint density at radius 3 is 2.23 bits per heavy atom. The third kappa shape index (κ3) is 9.44. The quantitative estimate of drug-likeness (QED) is 0.177. The average Bonchev–Trinajstić information content (AvgIpc) is 3.42. The van der Waals surface area contributed by atoms with Gasteiger partial charge in [0.15, 0.2) is 6.61 Å². The van der Waals surface area contributed by atoms with E-state index in [1.807, 2.05) is 4.57 Å². The van der Waals surface area contributed by atoms with Crippen molar-refractivity contribution in [2.45, 2.75) is 82.9 Å². The lowest BCUT2D eigenvalue weighted by Crippen LogP contribution is -2.43. The molecule has 2 N–H and O–H groups in total. The summed E-state index contributed by atoms with van der Waals surface area (Å²) in [5, 5.41) is 12.1. The van der Waals surface area contributed by atoms with E-state index < -0.39 is 12.0 Å². The van der Waals surface area contributed by atoms with Crippen LogP contribution in [0.3, 0.4) is 0 Å². The van der Waals surface area contributed by atoms with Gasteiger partial charge in [-0.05, 0) is 80.1 Å². The van der Waals surface area contributed by atoms with E-state index in [2.05, 4.69) is 5.32 Å². The molecule has 0 bridgehead atoms. The zero-order chi connectivity index (χ0) is 33.2. The first-order chi connectivity index (χ1) is 22.8. The molecule has 1 unspecified atom stereocenters. The maximum absolute atomic E-state index is 14.1. The number of aliphatic carboxylic acids is 1. The predicted molar refractivity (Wildman–Crippen MR) is 176 cm³/mol. The molecule has 1 aromatic heterocycles. The van der Waals surface area contributed by atoms with Crippen molar-refractivity contribution < 1.29 is 33.0 Å². The molecule has 4 aromatic rings. The number of aromatic nitrogens is 2. The van der Waals surface area contributed by atoms with Crippen LogP contribution in [-0.4, -0.2) is 39.2 Å². The van der Waals surface area contributed by atoms with E-state index in [0.29, 0.717) is 27.9 Å². The molecule has 2 aliphatic rings. The van der Waals surface area contributed by atoms with Crippen LogP contribution in [0, 0.1) is 17.6 Å². The van der Waals surface area contributed by atoms with Crippen molar-refractivity contribution in [3.8, 4) is 11.5 Å². The van der Waals surface area contributed by atoms with Gasteiger partial charge in [-0.15, -0.1) is 0 Å². The van der Waals surface area contributed by atoms with Gasteiger partial charge in [-0.3, -0.25) is 4.79 Å². The fraction of sp³-hybridized carbons (Fsp3) is 0.417. The highest BCUT2D eigenvalue weighted by Crippen LogP contribution is 2.37. The minimum absolute atomic E-state index is 0.0236. The molecule has 6 rings (SSSR count). The van der Waals surface area contributed by atoms with E-state index in [1.165, 1.54) is 37.1 Å². The van der Waals surface area contributed by atoms with E-state index in [1.54, 1.807) is 42.5 Å². The van der Waals surface area contributed by atoms with Crippen molar-refractivity contribution in [2.24, 2.45) is 5.92 Å². The number of rotatable bonds is 10. The van der Waals surface area contributed by atoms with Gasteiger partial charge in [0.05, 0.1) is 16.1 Å². The Kier molecular flexibility index (Phi) is 12.1. The first-order valence-corrected chi connectivity index (χ1v) is 16.6. The van der Waals surface area contributed by atoms with Crippen LogP contribution in [-0.2, 0) is 16.2 Å². The van der Waals surface area contributed by atoms with Crippen molar-refractivity contribution in [2.75, 3.05) is 6.61 Å². The zero-order valence-electron chi connectivity index (χ0n) is 26.2. The highest BCUT2D eigenvalue weighted by atomic mass is 35.5. The van der Waals surface area contributed by atoms with Crippen LogP contribution in [0.1, 0.15) is 76.1 Å². The summed E-state index contributed by atoms with van der Waals surface area (Å²) in [5.74, 6) is -0.0431. The SMILES string of the molecule is O=C(NC1CCCCC1)C(C1CCCCC1)n1c(COc2ccc(F)cc2)nc2cc(F)ccc21.O=C(O)COc1ccccc1Cl. The number of hydrogen-bond acceptors (Lipinski definition) is 5. The van der Waals surface area contributed by atoms with Crippen molar-refractivity contribution in [3.05, 3.63) is 89.2 Å². The van der Waals surface area contributed by atoms with E-state index in [9.17, 15) is 18.4 Å². The first-order valence-electron chi connectivity index (χ1n) is 16.2. The molecule has 11 heteroatoms. The molecular weight excluding hydrogens is 628 g/mol. The molecule has 1 atom stereocenters. The lowest BCUT2D eigenvalue weighted by Gasteiger charge is -2.33.